The molecule has 0 aromatic heterocycles. The summed E-state index contributed by atoms with van der Waals surface area (Å²) in [6, 6.07) is 87.6. The Morgan fingerprint density at radius 1 is 0.228 bits per heavy atom. The van der Waals surface area contributed by atoms with Gasteiger partial charge in [-0.25, -0.2) is 15.8 Å². The van der Waals surface area contributed by atoms with Crippen LogP contribution in [0.3, 0.4) is 0 Å². The molecule has 0 aliphatic heterocycles. The second kappa shape index (κ2) is 23.5. The third-order valence-electron chi connectivity index (χ3n) is 9.30. The molecule has 0 fully saturated rings. The third-order valence-corrected chi connectivity index (χ3v) is 19.2. The number of rotatable bonds is 14. The van der Waals surface area contributed by atoms with Crippen LogP contribution in [-0.2, 0) is 20.4 Å². The van der Waals surface area contributed by atoms with Crippen LogP contribution in [0.5, 0.6) is 0 Å². The van der Waals surface area contributed by atoms with Crippen molar-refractivity contribution in [2.45, 2.75) is 0 Å². The van der Waals surface area contributed by atoms with Gasteiger partial charge in [-0.2, -0.15) is 0 Å². The minimum Gasteiger partial charge on any atom is -0.289 e. The molecule has 5 heteroatoms. The minimum atomic E-state index is -0.473. The van der Waals surface area contributed by atoms with E-state index in [0.717, 1.165) is 12.3 Å². The summed E-state index contributed by atoms with van der Waals surface area (Å²) < 4.78 is 0. The van der Waals surface area contributed by atoms with E-state index >= 15 is 0 Å². The van der Waals surface area contributed by atoms with E-state index in [9.17, 15) is 0 Å². The summed E-state index contributed by atoms with van der Waals surface area (Å²) in [5, 5.41) is 11.4. The van der Waals surface area contributed by atoms with Crippen molar-refractivity contribution in [3.05, 3.63) is 255 Å². The smallest absolute Gasteiger partial charge is 0.289 e. The zero-order chi connectivity index (χ0) is 38.0. The Hall–Kier alpha value is -3.86. The molecule has 0 aliphatic rings. The second-order valence-corrected chi connectivity index (χ2v) is 21.8. The predicted octanol–water partition coefficient (Wildman–Crippen LogP) is 10.8. The Morgan fingerprint density at radius 2 is 0.386 bits per heavy atom. The molecule has 0 N–H and O–H groups in total. The zero-order valence-corrected chi connectivity index (χ0v) is 36.9. The summed E-state index contributed by atoms with van der Waals surface area (Å²) in [6.07, 6.45) is 7.31. The Bertz CT molecular complexity index is 1760. The van der Waals surface area contributed by atoms with Gasteiger partial charge in [0.25, 0.3) is 0 Å². The molecule has 0 nitrogen and oxygen atoms in total. The average molecular weight is 901 g/mol. The molecule has 8 aromatic rings. The van der Waals surface area contributed by atoms with Crippen molar-refractivity contribution in [3.8, 4) is 0 Å². The largest absolute Gasteiger partial charge is 2.00 e. The molecule has 57 heavy (non-hydrogen) atoms. The fraction of sp³-hybridized carbons (Fsp3) is 0.0385. The average Bonchev–Trinajstić information content (AvgIpc) is 3.29. The van der Waals surface area contributed by atoms with E-state index in [4.69, 9.17) is 0 Å². The summed E-state index contributed by atoms with van der Waals surface area (Å²) in [6.45, 7) is 0. The number of hydrogen-bond donors (Lipinski definition) is 0. The first-order chi connectivity index (χ1) is 27.8. The fourth-order valence-electron chi connectivity index (χ4n) is 6.55. The van der Waals surface area contributed by atoms with E-state index in [1.54, 1.807) is 0 Å². The monoisotopic (exact) mass is 900 g/mol. The van der Waals surface area contributed by atoms with E-state index in [1.165, 1.54) is 42.4 Å². The van der Waals surface area contributed by atoms with Crippen LogP contribution < -0.4 is 42.4 Å². The molecule has 0 heterocycles. The number of benzene rings is 8. The standard InChI is InChI=1S/2C26H23P2.Pd/c2*1-5-13-23(14-6-1)27(24-15-7-2-8-16-24)21-22-28(25-17-9-3-10-18-25)26-19-11-4-12-20-26;/h2*1-21H,22H2;/q2*-1;+2. The van der Waals surface area contributed by atoms with Gasteiger partial charge in [0.2, 0.25) is 0 Å². The summed E-state index contributed by atoms with van der Waals surface area (Å²) in [5.74, 6) is 0. The van der Waals surface area contributed by atoms with Gasteiger partial charge in [0, 0.05) is 0 Å². The molecule has 0 spiro atoms. The van der Waals surface area contributed by atoms with Crippen LogP contribution in [0.25, 0.3) is 0 Å². The fourth-order valence-corrected chi connectivity index (χ4v) is 16.1. The Balaban J connectivity index is 0.000000189. The van der Waals surface area contributed by atoms with Gasteiger partial charge in [0.15, 0.2) is 0 Å². The maximum absolute atomic E-state index is 2.58. The van der Waals surface area contributed by atoms with E-state index in [1.807, 2.05) is 0 Å². The number of hydrogen-bond acceptors (Lipinski definition) is 0. The first kappa shape index (κ1) is 42.7. The van der Waals surface area contributed by atoms with Crippen molar-refractivity contribution in [2.75, 3.05) is 12.3 Å². The summed E-state index contributed by atoms with van der Waals surface area (Å²) >= 11 is 0. The van der Waals surface area contributed by atoms with Gasteiger partial charge in [-0.1, -0.05) is 280 Å². The van der Waals surface area contributed by atoms with Gasteiger partial charge in [-0.15, -0.1) is 12.3 Å². The van der Waals surface area contributed by atoms with Crippen molar-refractivity contribution in [1.82, 2.24) is 0 Å². The van der Waals surface area contributed by atoms with E-state index in [-0.39, 0.29) is 20.4 Å². The van der Waals surface area contributed by atoms with Crippen LogP contribution in [0, 0.1) is 12.3 Å². The maximum atomic E-state index is 2.58. The summed E-state index contributed by atoms with van der Waals surface area (Å²) in [4.78, 5) is 0. The molecule has 0 saturated carbocycles. The summed E-state index contributed by atoms with van der Waals surface area (Å²) in [5.41, 5.74) is 0. The van der Waals surface area contributed by atoms with Crippen LogP contribution in [0.1, 0.15) is 0 Å². The van der Waals surface area contributed by atoms with Crippen LogP contribution in [-0.4, -0.2) is 12.3 Å². The molecule has 0 amide bonds. The molecule has 8 aromatic carbocycles. The van der Waals surface area contributed by atoms with Crippen molar-refractivity contribution in [2.24, 2.45) is 0 Å². The van der Waals surface area contributed by atoms with Gasteiger partial charge in [0.05, 0.1) is 0 Å². The molecule has 0 saturated heterocycles. The van der Waals surface area contributed by atoms with Crippen molar-refractivity contribution >= 4 is 74.1 Å². The van der Waals surface area contributed by atoms with Gasteiger partial charge < -0.3 is 0 Å². The van der Waals surface area contributed by atoms with Crippen molar-refractivity contribution in [3.63, 3.8) is 0 Å². The molecule has 0 bridgehead atoms. The van der Waals surface area contributed by atoms with E-state index in [2.05, 4.69) is 255 Å². The van der Waals surface area contributed by atoms with Crippen LogP contribution in [0.2, 0.25) is 0 Å². The molecule has 0 aliphatic carbocycles. The van der Waals surface area contributed by atoms with E-state index < -0.39 is 31.7 Å². The molecule has 8 rings (SSSR count). The normalized spacial score (nSPS) is 10.9. The first-order valence-electron chi connectivity index (χ1n) is 19.0. The van der Waals surface area contributed by atoms with Crippen LogP contribution in [0.4, 0.5) is 0 Å². The second-order valence-electron chi connectivity index (χ2n) is 13.0. The minimum absolute atomic E-state index is 0. The Morgan fingerprint density at radius 3 is 0.561 bits per heavy atom. The SMILES string of the molecule is [Pd+2].c1ccc(P([CH-]CP(c2ccccc2)c2ccccc2)c2ccccc2)cc1.c1ccc(P([CH-]CP(c2ccccc2)c2ccccc2)c2ccccc2)cc1. The zero-order valence-electron chi connectivity index (χ0n) is 31.8. The van der Waals surface area contributed by atoms with Crippen molar-refractivity contribution in [1.29, 1.82) is 0 Å². The van der Waals surface area contributed by atoms with Gasteiger partial charge >= 0.3 is 20.4 Å². The van der Waals surface area contributed by atoms with Gasteiger partial charge in [-0.3, -0.25) is 12.3 Å². The Labute approximate surface area is 359 Å². The van der Waals surface area contributed by atoms with E-state index in [0.29, 0.717) is 0 Å². The summed E-state index contributed by atoms with van der Waals surface area (Å²) in [7, 11) is -1.75. The molecule has 284 valence electrons. The molecular formula is C52H46P4Pd. The predicted molar refractivity (Wildman–Crippen MR) is 255 cm³/mol. The molecular weight excluding hydrogens is 855 g/mol. The van der Waals surface area contributed by atoms with Crippen LogP contribution in [0.15, 0.2) is 243 Å². The molecule has 0 radical (unpaired) electrons. The molecule has 0 atom stereocenters. The first-order valence-corrected chi connectivity index (χ1v) is 24.9. The molecule has 0 unspecified atom stereocenters. The topological polar surface area (TPSA) is 0 Å². The maximum Gasteiger partial charge on any atom is 2.00 e. The van der Waals surface area contributed by atoms with Crippen LogP contribution >= 0.6 is 31.7 Å². The quantitative estimate of drug-likeness (QED) is 0.0580. The van der Waals surface area contributed by atoms with Gasteiger partial charge in [-0.05, 0) is 21.2 Å². The van der Waals surface area contributed by atoms with Gasteiger partial charge in [0.1, 0.15) is 0 Å². The Kier molecular flexibility index (Phi) is 17.6. The van der Waals surface area contributed by atoms with Crippen molar-refractivity contribution < 1.29 is 20.4 Å². The third kappa shape index (κ3) is 12.6.